The molecule has 1 aromatic carbocycles. The second kappa shape index (κ2) is 4.68. The van der Waals surface area contributed by atoms with Crippen molar-refractivity contribution in [3.63, 3.8) is 0 Å². The zero-order valence-electron chi connectivity index (χ0n) is 10.1. The van der Waals surface area contributed by atoms with Crippen LogP contribution >= 0.6 is 0 Å². The fourth-order valence-corrected chi connectivity index (χ4v) is 2.20. The summed E-state index contributed by atoms with van der Waals surface area (Å²) in [6, 6.07) is 3.03. The van der Waals surface area contributed by atoms with Gasteiger partial charge in [0.05, 0.1) is 18.6 Å². The van der Waals surface area contributed by atoms with Crippen molar-refractivity contribution in [2.75, 3.05) is 7.11 Å². The van der Waals surface area contributed by atoms with Crippen molar-refractivity contribution in [2.24, 2.45) is 5.92 Å². The maximum atomic E-state index is 12.6. The standard InChI is InChI=1S/C13H11F3O3/c1-19-12(18)8-4-7-2-3-9(13(14,15)16)6-10(7)11(17)5-8/h2-3,6,8H,4-5H2,1H3. The van der Waals surface area contributed by atoms with Gasteiger partial charge >= 0.3 is 12.1 Å². The smallest absolute Gasteiger partial charge is 0.416 e. The number of rotatable bonds is 1. The number of hydrogen-bond donors (Lipinski definition) is 0. The molecule has 1 aliphatic carbocycles. The molecule has 1 unspecified atom stereocenters. The van der Waals surface area contributed by atoms with Gasteiger partial charge in [-0.15, -0.1) is 0 Å². The number of esters is 1. The molecule has 102 valence electrons. The van der Waals surface area contributed by atoms with E-state index in [2.05, 4.69) is 4.74 Å². The molecule has 1 atom stereocenters. The number of carbonyl (C=O) groups is 2. The van der Waals surface area contributed by atoms with Gasteiger partial charge in [0.15, 0.2) is 5.78 Å². The summed E-state index contributed by atoms with van der Waals surface area (Å²) in [7, 11) is 1.22. The Labute approximate surface area is 107 Å². The minimum Gasteiger partial charge on any atom is -0.469 e. The molecule has 0 saturated carbocycles. The number of ketones is 1. The van der Waals surface area contributed by atoms with Crippen LogP contribution in [0.3, 0.4) is 0 Å². The molecule has 1 aliphatic rings. The minimum absolute atomic E-state index is 0.0509. The number of methoxy groups -OCH3 is 1. The van der Waals surface area contributed by atoms with E-state index in [0.717, 1.165) is 12.1 Å². The van der Waals surface area contributed by atoms with Crippen LogP contribution in [0.5, 0.6) is 0 Å². The van der Waals surface area contributed by atoms with E-state index in [-0.39, 0.29) is 18.4 Å². The summed E-state index contributed by atoms with van der Waals surface area (Å²) in [4.78, 5) is 23.2. The summed E-state index contributed by atoms with van der Waals surface area (Å²) in [6.45, 7) is 0. The summed E-state index contributed by atoms with van der Waals surface area (Å²) < 4.78 is 42.2. The Bertz CT molecular complexity index is 534. The van der Waals surface area contributed by atoms with Crippen molar-refractivity contribution in [1.29, 1.82) is 0 Å². The van der Waals surface area contributed by atoms with Crippen LogP contribution in [0.4, 0.5) is 13.2 Å². The summed E-state index contributed by atoms with van der Waals surface area (Å²) >= 11 is 0. The normalized spacial score (nSPS) is 18.9. The average Bonchev–Trinajstić information content (AvgIpc) is 2.36. The van der Waals surface area contributed by atoms with E-state index in [1.807, 2.05) is 0 Å². The molecule has 1 aromatic rings. The molecule has 3 nitrogen and oxygen atoms in total. The van der Waals surface area contributed by atoms with Crippen LogP contribution in [0.2, 0.25) is 0 Å². The van der Waals surface area contributed by atoms with Crippen molar-refractivity contribution in [2.45, 2.75) is 19.0 Å². The van der Waals surface area contributed by atoms with E-state index in [0.29, 0.717) is 5.56 Å². The first-order chi connectivity index (χ1) is 8.82. The van der Waals surface area contributed by atoms with Gasteiger partial charge in [0, 0.05) is 12.0 Å². The van der Waals surface area contributed by atoms with Crippen molar-refractivity contribution in [1.82, 2.24) is 0 Å². The quantitative estimate of drug-likeness (QED) is 0.738. The van der Waals surface area contributed by atoms with Crippen LogP contribution in [0.25, 0.3) is 0 Å². The van der Waals surface area contributed by atoms with Gasteiger partial charge in [-0.05, 0) is 24.1 Å². The fourth-order valence-electron chi connectivity index (χ4n) is 2.20. The van der Waals surface area contributed by atoms with Crippen molar-refractivity contribution in [3.05, 3.63) is 34.9 Å². The van der Waals surface area contributed by atoms with Crippen LogP contribution in [-0.4, -0.2) is 18.9 Å². The van der Waals surface area contributed by atoms with Crippen LogP contribution in [0.1, 0.15) is 27.9 Å². The topological polar surface area (TPSA) is 43.4 Å². The number of Topliss-reactive ketones (excluding diaryl/α,β-unsaturated/α-hetero) is 1. The minimum atomic E-state index is -4.48. The summed E-state index contributed by atoms with van der Waals surface area (Å²) in [5, 5.41) is 0. The third-order valence-corrected chi connectivity index (χ3v) is 3.17. The second-order valence-electron chi connectivity index (χ2n) is 4.42. The van der Waals surface area contributed by atoms with Gasteiger partial charge in [0.25, 0.3) is 0 Å². The van der Waals surface area contributed by atoms with Gasteiger partial charge in [-0.1, -0.05) is 6.07 Å². The molecule has 2 rings (SSSR count). The Balaban J connectivity index is 2.36. The summed E-state index contributed by atoms with van der Waals surface area (Å²) in [6.07, 6.45) is -4.36. The number of alkyl halides is 3. The average molecular weight is 272 g/mol. The van der Waals surface area contributed by atoms with Crippen LogP contribution in [0.15, 0.2) is 18.2 Å². The van der Waals surface area contributed by atoms with E-state index in [1.165, 1.54) is 13.2 Å². The lowest BCUT2D eigenvalue weighted by Crippen LogP contribution is -2.27. The fraction of sp³-hybridized carbons (Fsp3) is 0.385. The number of benzene rings is 1. The Morgan fingerprint density at radius 2 is 2.00 bits per heavy atom. The highest BCUT2D eigenvalue weighted by atomic mass is 19.4. The molecule has 0 N–H and O–H groups in total. The maximum absolute atomic E-state index is 12.6. The largest absolute Gasteiger partial charge is 0.469 e. The first kappa shape index (κ1) is 13.6. The molecule has 0 aromatic heterocycles. The third kappa shape index (κ3) is 2.62. The number of hydrogen-bond acceptors (Lipinski definition) is 3. The third-order valence-electron chi connectivity index (χ3n) is 3.17. The highest BCUT2D eigenvalue weighted by Gasteiger charge is 2.35. The van der Waals surface area contributed by atoms with Gasteiger partial charge in [0.2, 0.25) is 0 Å². The molecule has 0 radical (unpaired) electrons. The Hall–Kier alpha value is -1.85. The van der Waals surface area contributed by atoms with Crippen molar-refractivity contribution in [3.8, 4) is 0 Å². The van der Waals surface area contributed by atoms with E-state index >= 15 is 0 Å². The monoisotopic (exact) mass is 272 g/mol. The molecule has 0 heterocycles. The predicted molar refractivity (Wildman–Crippen MR) is 59.6 cm³/mol. The Morgan fingerprint density at radius 3 is 2.58 bits per heavy atom. The Morgan fingerprint density at radius 1 is 1.32 bits per heavy atom. The molecule has 0 amide bonds. The zero-order chi connectivity index (χ0) is 14.2. The molecule has 0 spiro atoms. The maximum Gasteiger partial charge on any atom is 0.416 e. The van der Waals surface area contributed by atoms with Crippen molar-refractivity contribution < 1.29 is 27.5 Å². The van der Waals surface area contributed by atoms with Gasteiger partial charge in [-0.2, -0.15) is 13.2 Å². The predicted octanol–water partition coefficient (Wildman–Crippen LogP) is 2.62. The summed E-state index contributed by atoms with van der Waals surface area (Å²) in [5.41, 5.74) is -0.342. The zero-order valence-corrected chi connectivity index (χ0v) is 10.1. The van der Waals surface area contributed by atoms with Crippen LogP contribution < -0.4 is 0 Å². The number of fused-ring (bicyclic) bond motifs is 1. The second-order valence-corrected chi connectivity index (χ2v) is 4.42. The lowest BCUT2D eigenvalue weighted by Gasteiger charge is -2.22. The highest BCUT2D eigenvalue weighted by molar-refractivity contribution is 6.01. The van der Waals surface area contributed by atoms with Gasteiger partial charge < -0.3 is 4.74 Å². The lowest BCUT2D eigenvalue weighted by molar-refractivity contribution is -0.145. The number of ether oxygens (including phenoxy) is 1. The van der Waals surface area contributed by atoms with Gasteiger partial charge in [0.1, 0.15) is 0 Å². The highest BCUT2D eigenvalue weighted by Crippen LogP contribution is 2.33. The van der Waals surface area contributed by atoms with Gasteiger partial charge in [-0.25, -0.2) is 0 Å². The molecule has 0 saturated heterocycles. The van der Waals surface area contributed by atoms with E-state index in [1.54, 1.807) is 0 Å². The summed E-state index contributed by atoms with van der Waals surface area (Å²) in [5.74, 6) is -1.58. The van der Waals surface area contributed by atoms with Crippen molar-refractivity contribution >= 4 is 11.8 Å². The molecule has 6 heteroatoms. The van der Waals surface area contributed by atoms with Gasteiger partial charge in [-0.3, -0.25) is 9.59 Å². The number of carbonyl (C=O) groups excluding carboxylic acids is 2. The molecule has 19 heavy (non-hydrogen) atoms. The van der Waals surface area contributed by atoms with Crippen LogP contribution in [0, 0.1) is 5.92 Å². The van der Waals surface area contributed by atoms with E-state index in [9.17, 15) is 22.8 Å². The van der Waals surface area contributed by atoms with E-state index < -0.39 is 29.4 Å². The lowest BCUT2D eigenvalue weighted by atomic mass is 9.82. The molecule has 0 fully saturated rings. The molecule has 0 bridgehead atoms. The Kier molecular flexibility index (Phi) is 3.34. The molecule has 0 aliphatic heterocycles. The van der Waals surface area contributed by atoms with E-state index in [4.69, 9.17) is 0 Å². The molecular formula is C13H11F3O3. The number of halogens is 3. The molecular weight excluding hydrogens is 261 g/mol. The SMILES string of the molecule is COC(=O)C1CC(=O)c2cc(C(F)(F)F)ccc2C1. The first-order valence-corrected chi connectivity index (χ1v) is 5.64. The first-order valence-electron chi connectivity index (χ1n) is 5.64. The van der Waals surface area contributed by atoms with Crippen LogP contribution in [-0.2, 0) is 22.1 Å².